The second-order valence-electron chi connectivity index (χ2n) is 6.59. The summed E-state index contributed by atoms with van der Waals surface area (Å²) in [6.45, 7) is 0.670. The van der Waals surface area contributed by atoms with Gasteiger partial charge in [-0.05, 0) is 25.7 Å². The van der Waals surface area contributed by atoms with Crippen molar-refractivity contribution in [2.24, 2.45) is 0 Å². The zero-order valence-electron chi connectivity index (χ0n) is 13.9. The van der Waals surface area contributed by atoms with Gasteiger partial charge in [0.15, 0.2) is 5.82 Å². The molecule has 2 amide bonds. The number of hydrogen-bond acceptors (Lipinski definition) is 4. The molecule has 128 valence electrons. The molecule has 1 saturated carbocycles. The lowest BCUT2D eigenvalue weighted by molar-refractivity contribution is -0.121. The number of carbonyl (C=O) groups excluding carboxylic acids is 2. The molecule has 0 spiro atoms. The summed E-state index contributed by atoms with van der Waals surface area (Å²) >= 11 is 0. The molecule has 2 aromatic rings. The van der Waals surface area contributed by atoms with Gasteiger partial charge >= 0.3 is 0 Å². The summed E-state index contributed by atoms with van der Waals surface area (Å²) in [5.41, 5.74) is 2.21. The molecule has 1 fully saturated rings. The van der Waals surface area contributed by atoms with Crippen LogP contribution in [-0.4, -0.2) is 45.8 Å². The van der Waals surface area contributed by atoms with Gasteiger partial charge in [-0.15, -0.1) is 0 Å². The van der Waals surface area contributed by atoms with Crippen molar-refractivity contribution in [2.75, 3.05) is 13.1 Å². The predicted molar refractivity (Wildman–Crippen MR) is 92.9 cm³/mol. The van der Waals surface area contributed by atoms with Gasteiger partial charge in [-0.2, -0.15) is 0 Å². The molecule has 0 atom stereocenters. The fourth-order valence-electron chi connectivity index (χ4n) is 3.05. The number of aryl methyl sites for hydroxylation is 1. The van der Waals surface area contributed by atoms with Crippen molar-refractivity contribution in [3.63, 3.8) is 0 Å². The fourth-order valence-corrected chi connectivity index (χ4v) is 3.05. The van der Waals surface area contributed by atoms with E-state index in [1.807, 2.05) is 30.3 Å². The first kappa shape index (κ1) is 15.7. The second kappa shape index (κ2) is 6.63. The summed E-state index contributed by atoms with van der Waals surface area (Å²) in [7, 11) is 0. The Bertz CT molecular complexity index is 802. The lowest BCUT2D eigenvalue weighted by Gasteiger charge is -2.20. The highest BCUT2D eigenvalue weighted by Crippen LogP contribution is 2.21. The highest BCUT2D eigenvalue weighted by atomic mass is 16.2. The number of fused-ring (bicyclic) bond motifs is 1. The Kier molecular flexibility index (Phi) is 4.17. The zero-order chi connectivity index (χ0) is 17.2. The maximum Gasteiger partial charge on any atom is 0.257 e. The monoisotopic (exact) mass is 336 g/mol. The van der Waals surface area contributed by atoms with Gasteiger partial charge in [0.25, 0.3) is 5.91 Å². The quantitative estimate of drug-likeness (QED) is 0.924. The van der Waals surface area contributed by atoms with E-state index < -0.39 is 0 Å². The SMILES string of the molecule is O=C(CN1CCCc2nc(-c3ccccc3)ncc2C1=O)NC1CC1. The third kappa shape index (κ3) is 3.52. The summed E-state index contributed by atoms with van der Waals surface area (Å²) in [5, 5.41) is 2.93. The molecular formula is C19H20N4O2. The van der Waals surface area contributed by atoms with Gasteiger partial charge in [-0.3, -0.25) is 9.59 Å². The number of hydrogen-bond donors (Lipinski definition) is 1. The normalized spacial score (nSPS) is 17.0. The molecule has 1 aromatic carbocycles. The molecule has 0 saturated heterocycles. The summed E-state index contributed by atoms with van der Waals surface area (Å²) < 4.78 is 0. The molecule has 1 aliphatic heterocycles. The highest BCUT2D eigenvalue weighted by molar-refractivity contribution is 5.97. The van der Waals surface area contributed by atoms with E-state index in [9.17, 15) is 9.59 Å². The molecule has 2 heterocycles. The van der Waals surface area contributed by atoms with Crippen LogP contribution in [0.5, 0.6) is 0 Å². The van der Waals surface area contributed by atoms with E-state index in [1.54, 1.807) is 11.1 Å². The Labute approximate surface area is 146 Å². The standard InChI is InChI=1S/C19H20N4O2/c24-17(21-14-8-9-14)12-23-10-4-7-16-15(19(23)25)11-20-18(22-16)13-5-2-1-3-6-13/h1-3,5-6,11,14H,4,7-10,12H2,(H,21,24). The Balaban J connectivity index is 1.55. The van der Waals surface area contributed by atoms with E-state index in [2.05, 4.69) is 15.3 Å². The second-order valence-corrected chi connectivity index (χ2v) is 6.59. The smallest absolute Gasteiger partial charge is 0.257 e. The van der Waals surface area contributed by atoms with Crippen LogP contribution in [-0.2, 0) is 11.2 Å². The van der Waals surface area contributed by atoms with Crippen LogP contribution in [0, 0.1) is 0 Å². The van der Waals surface area contributed by atoms with Crippen LogP contribution in [0.15, 0.2) is 36.5 Å². The van der Waals surface area contributed by atoms with Crippen molar-refractivity contribution < 1.29 is 9.59 Å². The number of nitrogens with zero attached hydrogens (tertiary/aromatic N) is 3. The minimum atomic E-state index is -0.155. The fraction of sp³-hybridized carbons (Fsp3) is 0.368. The minimum Gasteiger partial charge on any atom is -0.352 e. The van der Waals surface area contributed by atoms with Crippen molar-refractivity contribution in [1.29, 1.82) is 0 Å². The zero-order valence-corrected chi connectivity index (χ0v) is 13.9. The molecule has 0 unspecified atom stereocenters. The third-order valence-electron chi connectivity index (χ3n) is 4.54. The average Bonchev–Trinajstić information content (AvgIpc) is 3.45. The Morgan fingerprint density at radius 2 is 2.04 bits per heavy atom. The molecule has 4 rings (SSSR count). The molecule has 0 bridgehead atoms. The minimum absolute atomic E-state index is 0.0823. The van der Waals surface area contributed by atoms with Gasteiger partial charge in [0.05, 0.1) is 17.8 Å². The van der Waals surface area contributed by atoms with Crippen molar-refractivity contribution in [2.45, 2.75) is 31.7 Å². The molecule has 6 heteroatoms. The molecule has 25 heavy (non-hydrogen) atoms. The largest absolute Gasteiger partial charge is 0.352 e. The highest BCUT2D eigenvalue weighted by Gasteiger charge is 2.28. The number of amides is 2. The first-order valence-corrected chi connectivity index (χ1v) is 8.70. The van der Waals surface area contributed by atoms with Crippen LogP contribution < -0.4 is 5.32 Å². The Morgan fingerprint density at radius 3 is 2.80 bits per heavy atom. The molecule has 6 nitrogen and oxygen atoms in total. The van der Waals surface area contributed by atoms with E-state index in [1.165, 1.54) is 0 Å². The number of carbonyl (C=O) groups is 2. The van der Waals surface area contributed by atoms with Gasteiger partial charge in [-0.25, -0.2) is 9.97 Å². The summed E-state index contributed by atoms with van der Waals surface area (Å²) in [5.74, 6) is 0.395. The molecule has 1 aromatic heterocycles. The van der Waals surface area contributed by atoms with E-state index in [0.29, 0.717) is 30.4 Å². The van der Waals surface area contributed by atoms with Crippen LogP contribution >= 0.6 is 0 Å². The molecule has 2 aliphatic rings. The molecule has 1 N–H and O–H groups in total. The number of rotatable bonds is 4. The van der Waals surface area contributed by atoms with Gasteiger partial charge < -0.3 is 10.2 Å². The average molecular weight is 336 g/mol. The Morgan fingerprint density at radius 1 is 1.24 bits per heavy atom. The maximum absolute atomic E-state index is 12.8. The third-order valence-corrected chi connectivity index (χ3v) is 4.54. The topological polar surface area (TPSA) is 75.2 Å². The van der Waals surface area contributed by atoms with Gasteiger partial charge in [0.2, 0.25) is 5.91 Å². The van der Waals surface area contributed by atoms with Crippen LogP contribution in [0.1, 0.15) is 35.3 Å². The summed E-state index contributed by atoms with van der Waals surface area (Å²) in [6.07, 6.45) is 5.19. The van der Waals surface area contributed by atoms with E-state index in [4.69, 9.17) is 0 Å². The predicted octanol–water partition coefficient (Wildman–Crippen LogP) is 1.81. The first-order chi connectivity index (χ1) is 12.2. The number of aromatic nitrogens is 2. The van der Waals surface area contributed by atoms with Crippen LogP contribution in [0.3, 0.4) is 0 Å². The van der Waals surface area contributed by atoms with Crippen LogP contribution in [0.25, 0.3) is 11.4 Å². The first-order valence-electron chi connectivity index (χ1n) is 8.70. The number of nitrogens with one attached hydrogen (secondary N) is 1. The lowest BCUT2D eigenvalue weighted by atomic mass is 10.1. The molecule has 1 aliphatic carbocycles. The van der Waals surface area contributed by atoms with Crippen LogP contribution in [0.2, 0.25) is 0 Å². The Hall–Kier alpha value is -2.76. The molecule has 0 radical (unpaired) electrons. The van der Waals surface area contributed by atoms with E-state index in [-0.39, 0.29) is 18.4 Å². The van der Waals surface area contributed by atoms with Crippen molar-refractivity contribution in [1.82, 2.24) is 20.2 Å². The number of benzene rings is 1. The van der Waals surface area contributed by atoms with Crippen molar-refractivity contribution >= 4 is 11.8 Å². The van der Waals surface area contributed by atoms with Crippen LogP contribution in [0.4, 0.5) is 0 Å². The lowest BCUT2D eigenvalue weighted by Crippen LogP contribution is -2.41. The van der Waals surface area contributed by atoms with Crippen molar-refractivity contribution in [3.8, 4) is 11.4 Å². The summed E-state index contributed by atoms with van der Waals surface area (Å²) in [4.78, 5) is 35.4. The van der Waals surface area contributed by atoms with E-state index >= 15 is 0 Å². The maximum atomic E-state index is 12.8. The summed E-state index contributed by atoms with van der Waals surface area (Å²) in [6, 6.07) is 10.0. The van der Waals surface area contributed by atoms with Gasteiger partial charge in [0, 0.05) is 24.3 Å². The van der Waals surface area contributed by atoms with E-state index in [0.717, 1.165) is 30.5 Å². The molecular weight excluding hydrogens is 316 g/mol. The van der Waals surface area contributed by atoms with Gasteiger partial charge in [-0.1, -0.05) is 30.3 Å². The van der Waals surface area contributed by atoms with Crippen molar-refractivity contribution in [3.05, 3.63) is 47.8 Å². The van der Waals surface area contributed by atoms with Gasteiger partial charge in [0.1, 0.15) is 0 Å².